The lowest BCUT2D eigenvalue weighted by Gasteiger charge is -2.13. The Morgan fingerprint density at radius 1 is 1.15 bits per heavy atom. The highest BCUT2D eigenvalue weighted by Gasteiger charge is 2.12. The van der Waals surface area contributed by atoms with Gasteiger partial charge < -0.3 is 10.5 Å². The van der Waals surface area contributed by atoms with E-state index in [2.05, 4.69) is 15.9 Å². The lowest BCUT2D eigenvalue weighted by Crippen LogP contribution is -2.11. The molecule has 104 valence electrons. The van der Waals surface area contributed by atoms with Crippen molar-refractivity contribution >= 4 is 56.3 Å². The summed E-state index contributed by atoms with van der Waals surface area (Å²) in [5.41, 5.74) is 7.42. The van der Waals surface area contributed by atoms with Gasteiger partial charge in [0.25, 0.3) is 0 Å². The Kier molecular flexibility index (Phi) is 4.91. The zero-order valence-corrected chi connectivity index (χ0v) is 14.3. The maximum Gasteiger partial charge on any atom is 0.147 e. The molecule has 6 heteroatoms. The Bertz CT molecular complexity index is 691. The Hall–Kier alpha value is -0.810. The van der Waals surface area contributed by atoms with E-state index in [0.29, 0.717) is 31.6 Å². The molecule has 0 aliphatic carbocycles. The average Bonchev–Trinajstić information content (AvgIpc) is 2.37. The largest absolute Gasteiger partial charge is 0.455 e. The van der Waals surface area contributed by atoms with Crippen LogP contribution in [0.15, 0.2) is 34.8 Å². The fourth-order valence-electron chi connectivity index (χ4n) is 1.63. The van der Waals surface area contributed by atoms with E-state index in [1.54, 1.807) is 18.2 Å². The minimum atomic E-state index is 0.267. The number of aryl methyl sites for hydroxylation is 1. The van der Waals surface area contributed by atoms with Gasteiger partial charge in [0, 0.05) is 10.5 Å². The van der Waals surface area contributed by atoms with Gasteiger partial charge in [-0.2, -0.15) is 0 Å². The first kappa shape index (κ1) is 15.6. The van der Waals surface area contributed by atoms with Crippen LogP contribution in [0.25, 0.3) is 0 Å². The molecule has 0 aliphatic rings. The fourth-order valence-corrected chi connectivity index (χ4v) is 2.62. The molecule has 0 saturated heterocycles. The van der Waals surface area contributed by atoms with E-state index in [0.717, 1.165) is 5.56 Å². The summed E-state index contributed by atoms with van der Waals surface area (Å²) in [6.07, 6.45) is 0. The molecule has 0 heterocycles. The molecule has 0 aromatic heterocycles. The normalized spacial score (nSPS) is 10.4. The molecular weight excluding hydrogens is 381 g/mol. The van der Waals surface area contributed by atoms with Gasteiger partial charge in [-0.05, 0) is 41.1 Å². The molecular formula is C14H10BrCl2NOS. The summed E-state index contributed by atoms with van der Waals surface area (Å²) >= 11 is 20.5. The van der Waals surface area contributed by atoms with Gasteiger partial charge >= 0.3 is 0 Å². The summed E-state index contributed by atoms with van der Waals surface area (Å²) in [4.78, 5) is 0.267. The number of nitrogens with two attached hydrogens (primary N) is 1. The van der Waals surface area contributed by atoms with Crippen molar-refractivity contribution < 1.29 is 4.74 Å². The van der Waals surface area contributed by atoms with Gasteiger partial charge in [-0.1, -0.05) is 47.0 Å². The van der Waals surface area contributed by atoms with Crippen LogP contribution in [-0.2, 0) is 0 Å². The summed E-state index contributed by atoms with van der Waals surface area (Å²) in [5.74, 6) is 0.990. The fraction of sp³-hybridized carbons (Fsp3) is 0.0714. The van der Waals surface area contributed by atoms with Crippen LogP contribution in [0.4, 0.5) is 0 Å². The van der Waals surface area contributed by atoms with Crippen molar-refractivity contribution in [1.82, 2.24) is 0 Å². The Morgan fingerprint density at radius 2 is 1.85 bits per heavy atom. The zero-order chi connectivity index (χ0) is 14.9. The van der Waals surface area contributed by atoms with E-state index in [1.165, 1.54) is 0 Å². The minimum Gasteiger partial charge on any atom is -0.455 e. The van der Waals surface area contributed by atoms with Gasteiger partial charge in [0.1, 0.15) is 16.5 Å². The van der Waals surface area contributed by atoms with Gasteiger partial charge in [-0.15, -0.1) is 0 Å². The van der Waals surface area contributed by atoms with Gasteiger partial charge in [0.2, 0.25) is 0 Å². The second kappa shape index (κ2) is 6.31. The lowest BCUT2D eigenvalue weighted by atomic mass is 10.1. The van der Waals surface area contributed by atoms with Crippen LogP contribution in [0.2, 0.25) is 10.0 Å². The van der Waals surface area contributed by atoms with E-state index < -0.39 is 0 Å². The molecule has 0 bridgehead atoms. The molecule has 2 N–H and O–H groups in total. The summed E-state index contributed by atoms with van der Waals surface area (Å²) in [6.45, 7) is 1.95. The van der Waals surface area contributed by atoms with Crippen LogP contribution in [0, 0.1) is 6.92 Å². The Morgan fingerprint density at radius 3 is 2.50 bits per heavy atom. The molecule has 2 aromatic carbocycles. The van der Waals surface area contributed by atoms with E-state index in [-0.39, 0.29) is 4.99 Å². The molecule has 2 rings (SSSR count). The van der Waals surface area contributed by atoms with Crippen LogP contribution in [0.5, 0.6) is 11.5 Å². The summed E-state index contributed by atoms with van der Waals surface area (Å²) < 4.78 is 6.49. The zero-order valence-electron chi connectivity index (χ0n) is 10.4. The van der Waals surface area contributed by atoms with Crippen LogP contribution < -0.4 is 10.5 Å². The molecule has 0 amide bonds. The molecule has 0 radical (unpaired) electrons. The number of hydrogen-bond acceptors (Lipinski definition) is 2. The first-order valence-corrected chi connectivity index (χ1v) is 7.57. The summed E-state index contributed by atoms with van der Waals surface area (Å²) in [5, 5.41) is 0.948. The SMILES string of the molecule is Cc1ccc(Oc2cc(Cl)c(Br)cc2Cl)c(C(N)=S)c1. The number of ether oxygens (including phenoxy) is 1. The third-order valence-electron chi connectivity index (χ3n) is 2.60. The van der Waals surface area contributed by atoms with Crippen molar-refractivity contribution in [2.75, 3.05) is 0 Å². The highest BCUT2D eigenvalue weighted by atomic mass is 79.9. The molecule has 0 spiro atoms. The van der Waals surface area contributed by atoms with Crippen molar-refractivity contribution in [2.24, 2.45) is 5.73 Å². The molecule has 0 aliphatic heterocycles. The minimum absolute atomic E-state index is 0.267. The monoisotopic (exact) mass is 389 g/mol. The summed E-state index contributed by atoms with van der Waals surface area (Å²) in [7, 11) is 0. The van der Waals surface area contributed by atoms with Crippen LogP contribution in [0.1, 0.15) is 11.1 Å². The first-order valence-electron chi connectivity index (χ1n) is 5.61. The van der Waals surface area contributed by atoms with Crippen LogP contribution in [0.3, 0.4) is 0 Å². The summed E-state index contributed by atoms with van der Waals surface area (Å²) in [6, 6.07) is 8.89. The van der Waals surface area contributed by atoms with Gasteiger partial charge in [-0.25, -0.2) is 0 Å². The third-order valence-corrected chi connectivity index (χ3v) is 4.31. The van der Waals surface area contributed by atoms with Crippen LogP contribution in [-0.4, -0.2) is 4.99 Å². The van der Waals surface area contributed by atoms with Gasteiger partial charge in [0.05, 0.1) is 15.6 Å². The van der Waals surface area contributed by atoms with Crippen molar-refractivity contribution in [2.45, 2.75) is 6.92 Å². The lowest BCUT2D eigenvalue weighted by molar-refractivity contribution is 0.482. The second-order valence-electron chi connectivity index (χ2n) is 4.16. The van der Waals surface area contributed by atoms with E-state index >= 15 is 0 Å². The van der Waals surface area contributed by atoms with Crippen molar-refractivity contribution in [3.63, 3.8) is 0 Å². The van der Waals surface area contributed by atoms with E-state index in [9.17, 15) is 0 Å². The predicted octanol–water partition coefficient (Wildman–Crippen LogP) is 5.49. The highest BCUT2D eigenvalue weighted by Crippen LogP contribution is 2.37. The highest BCUT2D eigenvalue weighted by molar-refractivity contribution is 9.10. The quantitative estimate of drug-likeness (QED) is 0.555. The van der Waals surface area contributed by atoms with Crippen molar-refractivity contribution in [3.8, 4) is 11.5 Å². The molecule has 2 nitrogen and oxygen atoms in total. The Balaban J connectivity index is 2.45. The number of thiocarbonyl (C=S) groups is 1. The maximum atomic E-state index is 6.14. The molecule has 0 atom stereocenters. The van der Waals surface area contributed by atoms with E-state index in [1.807, 2.05) is 19.1 Å². The molecule has 20 heavy (non-hydrogen) atoms. The first-order chi connectivity index (χ1) is 9.38. The number of hydrogen-bond donors (Lipinski definition) is 1. The predicted molar refractivity (Wildman–Crippen MR) is 91.3 cm³/mol. The number of benzene rings is 2. The average molecular weight is 391 g/mol. The van der Waals surface area contributed by atoms with Crippen LogP contribution >= 0.6 is 51.3 Å². The van der Waals surface area contributed by atoms with Gasteiger partial charge in [-0.3, -0.25) is 0 Å². The topological polar surface area (TPSA) is 35.2 Å². The second-order valence-corrected chi connectivity index (χ2v) is 6.27. The molecule has 0 saturated carbocycles. The maximum absolute atomic E-state index is 6.14. The van der Waals surface area contributed by atoms with E-state index in [4.69, 9.17) is 45.9 Å². The van der Waals surface area contributed by atoms with Crippen molar-refractivity contribution in [3.05, 3.63) is 56.0 Å². The standard InChI is InChI=1S/C14H10BrCl2NOS/c1-7-2-3-12(8(4-7)14(18)20)19-13-6-10(16)9(15)5-11(13)17/h2-6H,1H3,(H2,18,20). The molecule has 0 fully saturated rings. The van der Waals surface area contributed by atoms with Gasteiger partial charge in [0.15, 0.2) is 0 Å². The molecule has 0 unspecified atom stereocenters. The number of rotatable bonds is 3. The van der Waals surface area contributed by atoms with Crippen molar-refractivity contribution in [1.29, 1.82) is 0 Å². The smallest absolute Gasteiger partial charge is 0.147 e. The number of halogens is 3. The molecule has 2 aromatic rings. The Labute approximate surface area is 141 Å². The third kappa shape index (κ3) is 3.44.